The summed E-state index contributed by atoms with van der Waals surface area (Å²) in [6, 6.07) is 5.42. The maximum Gasteiger partial charge on any atom is 0.279 e. The standard InChI is InChI=1S/C16H18ClN3O4S/c17-13-14(19-10-6-8-12(9-7-10)25(18,23)24)16(22)20(15(13)21)11-4-2-1-3-5-11/h6-9,11,19H,1-5H2,(H2,18,23,24). The normalized spacial score (nSPS) is 19.7. The van der Waals surface area contributed by atoms with Crippen molar-refractivity contribution >= 4 is 39.1 Å². The van der Waals surface area contributed by atoms with E-state index in [0.29, 0.717) is 5.69 Å². The Bertz CT molecular complexity index is 843. The molecule has 1 aliphatic heterocycles. The van der Waals surface area contributed by atoms with Crippen LogP contribution in [0.5, 0.6) is 0 Å². The van der Waals surface area contributed by atoms with Gasteiger partial charge in [-0.15, -0.1) is 0 Å². The van der Waals surface area contributed by atoms with Gasteiger partial charge in [0.2, 0.25) is 10.0 Å². The molecule has 0 unspecified atom stereocenters. The first-order valence-electron chi connectivity index (χ1n) is 7.96. The Labute approximate surface area is 150 Å². The number of carbonyl (C=O) groups is 2. The average Bonchev–Trinajstić information content (AvgIpc) is 2.79. The minimum atomic E-state index is -3.80. The molecule has 2 amide bonds. The van der Waals surface area contributed by atoms with Crippen molar-refractivity contribution in [3.05, 3.63) is 35.0 Å². The number of rotatable bonds is 4. The molecule has 0 spiro atoms. The number of nitrogens with one attached hydrogen (secondary N) is 1. The zero-order chi connectivity index (χ0) is 18.2. The molecule has 1 aromatic rings. The molecule has 0 aromatic heterocycles. The van der Waals surface area contributed by atoms with Crippen molar-refractivity contribution in [3.8, 4) is 0 Å². The van der Waals surface area contributed by atoms with Gasteiger partial charge in [0, 0.05) is 11.7 Å². The Morgan fingerprint density at radius 3 is 2.20 bits per heavy atom. The predicted molar refractivity (Wildman–Crippen MR) is 93.0 cm³/mol. The fraction of sp³-hybridized carbons (Fsp3) is 0.375. The lowest BCUT2D eigenvalue weighted by Crippen LogP contribution is -2.42. The van der Waals surface area contributed by atoms with Crippen molar-refractivity contribution in [3.63, 3.8) is 0 Å². The highest BCUT2D eigenvalue weighted by Crippen LogP contribution is 2.32. The molecule has 3 N–H and O–H groups in total. The Morgan fingerprint density at radius 1 is 1.04 bits per heavy atom. The largest absolute Gasteiger partial charge is 0.350 e. The number of halogens is 1. The van der Waals surface area contributed by atoms with E-state index in [4.69, 9.17) is 16.7 Å². The van der Waals surface area contributed by atoms with E-state index in [2.05, 4.69) is 5.32 Å². The van der Waals surface area contributed by atoms with Gasteiger partial charge in [-0.2, -0.15) is 0 Å². The van der Waals surface area contributed by atoms with Crippen molar-refractivity contribution in [2.24, 2.45) is 5.14 Å². The van der Waals surface area contributed by atoms with Crippen LogP contribution in [-0.2, 0) is 19.6 Å². The van der Waals surface area contributed by atoms with Gasteiger partial charge in [0.25, 0.3) is 11.8 Å². The van der Waals surface area contributed by atoms with E-state index < -0.39 is 21.8 Å². The molecule has 1 aliphatic carbocycles. The van der Waals surface area contributed by atoms with E-state index in [0.717, 1.165) is 32.1 Å². The molecule has 134 valence electrons. The fourth-order valence-corrected chi connectivity index (χ4v) is 3.91. The van der Waals surface area contributed by atoms with Gasteiger partial charge in [-0.1, -0.05) is 30.9 Å². The quantitative estimate of drug-likeness (QED) is 0.771. The summed E-state index contributed by atoms with van der Waals surface area (Å²) in [5.41, 5.74) is 0.452. The van der Waals surface area contributed by atoms with Crippen LogP contribution in [0, 0.1) is 0 Å². The molecule has 1 heterocycles. The summed E-state index contributed by atoms with van der Waals surface area (Å²) in [5.74, 6) is -0.931. The number of carbonyl (C=O) groups excluding carboxylic acids is 2. The number of nitrogens with zero attached hydrogens (tertiary/aromatic N) is 1. The molecule has 0 radical (unpaired) electrons. The zero-order valence-electron chi connectivity index (χ0n) is 13.4. The third-order valence-corrected chi connectivity index (χ3v) is 5.73. The molecule has 1 fully saturated rings. The van der Waals surface area contributed by atoms with Gasteiger partial charge < -0.3 is 5.32 Å². The summed E-state index contributed by atoms with van der Waals surface area (Å²) >= 11 is 6.08. The molecule has 9 heteroatoms. The summed E-state index contributed by atoms with van der Waals surface area (Å²) < 4.78 is 22.6. The number of hydrogen-bond acceptors (Lipinski definition) is 5. The number of anilines is 1. The molecule has 3 rings (SSSR count). The topological polar surface area (TPSA) is 110 Å². The molecular formula is C16H18ClN3O4S. The van der Waals surface area contributed by atoms with Crippen LogP contribution in [0.4, 0.5) is 5.69 Å². The van der Waals surface area contributed by atoms with Crippen LogP contribution in [0.15, 0.2) is 39.9 Å². The highest BCUT2D eigenvalue weighted by Gasteiger charge is 2.42. The van der Waals surface area contributed by atoms with E-state index in [-0.39, 0.29) is 21.7 Å². The fourth-order valence-electron chi connectivity index (χ4n) is 3.17. The lowest BCUT2D eigenvalue weighted by atomic mass is 9.94. The van der Waals surface area contributed by atoms with Gasteiger partial charge >= 0.3 is 0 Å². The lowest BCUT2D eigenvalue weighted by molar-refractivity contribution is -0.140. The van der Waals surface area contributed by atoms with Crippen LogP contribution in [-0.4, -0.2) is 31.2 Å². The van der Waals surface area contributed by atoms with Crippen LogP contribution in [0.2, 0.25) is 0 Å². The Morgan fingerprint density at radius 2 is 1.64 bits per heavy atom. The second-order valence-corrected chi connectivity index (χ2v) is 8.09. The van der Waals surface area contributed by atoms with Crippen molar-refractivity contribution in [1.29, 1.82) is 0 Å². The van der Waals surface area contributed by atoms with Gasteiger partial charge in [-0.05, 0) is 37.1 Å². The summed E-state index contributed by atoms with van der Waals surface area (Å²) in [5, 5.41) is 7.72. The first kappa shape index (κ1) is 17.9. The third kappa shape index (κ3) is 3.56. The summed E-state index contributed by atoms with van der Waals surface area (Å²) in [7, 11) is -3.80. The van der Waals surface area contributed by atoms with Crippen LogP contribution in [0.1, 0.15) is 32.1 Å². The Kier molecular flexibility index (Phi) is 4.86. The highest BCUT2D eigenvalue weighted by atomic mass is 35.5. The number of benzene rings is 1. The molecule has 7 nitrogen and oxygen atoms in total. The van der Waals surface area contributed by atoms with Gasteiger partial charge in [-0.3, -0.25) is 14.5 Å². The van der Waals surface area contributed by atoms with E-state index >= 15 is 0 Å². The maximum atomic E-state index is 12.6. The third-order valence-electron chi connectivity index (χ3n) is 4.45. The second-order valence-electron chi connectivity index (χ2n) is 6.16. The minimum absolute atomic E-state index is 0.0144. The Balaban J connectivity index is 1.80. The van der Waals surface area contributed by atoms with E-state index in [1.54, 1.807) is 0 Å². The predicted octanol–water partition coefficient (Wildman–Crippen LogP) is 1.90. The number of amides is 2. The van der Waals surface area contributed by atoms with Crippen LogP contribution < -0.4 is 10.5 Å². The van der Waals surface area contributed by atoms with Crippen molar-refractivity contribution < 1.29 is 18.0 Å². The summed E-state index contributed by atoms with van der Waals surface area (Å²) in [6.07, 6.45) is 4.65. The molecule has 2 aliphatic rings. The molecule has 25 heavy (non-hydrogen) atoms. The van der Waals surface area contributed by atoms with Crippen molar-refractivity contribution in [1.82, 2.24) is 4.90 Å². The van der Waals surface area contributed by atoms with Crippen LogP contribution >= 0.6 is 11.6 Å². The first-order valence-corrected chi connectivity index (χ1v) is 9.89. The molecule has 1 aromatic carbocycles. The smallest absolute Gasteiger partial charge is 0.279 e. The molecule has 1 saturated carbocycles. The number of sulfonamides is 1. The van der Waals surface area contributed by atoms with Gasteiger partial charge in [-0.25, -0.2) is 13.6 Å². The SMILES string of the molecule is NS(=O)(=O)c1ccc(NC2=C(Cl)C(=O)N(C3CCCCC3)C2=O)cc1. The van der Waals surface area contributed by atoms with Crippen molar-refractivity contribution in [2.75, 3.05) is 5.32 Å². The first-order chi connectivity index (χ1) is 11.8. The van der Waals surface area contributed by atoms with Crippen molar-refractivity contribution in [2.45, 2.75) is 43.0 Å². The molecular weight excluding hydrogens is 366 g/mol. The van der Waals surface area contributed by atoms with E-state index in [1.165, 1.54) is 29.2 Å². The lowest BCUT2D eigenvalue weighted by Gasteiger charge is -2.29. The molecule has 0 atom stereocenters. The summed E-state index contributed by atoms with van der Waals surface area (Å²) in [4.78, 5) is 26.2. The minimum Gasteiger partial charge on any atom is -0.350 e. The average molecular weight is 384 g/mol. The van der Waals surface area contributed by atoms with Crippen LogP contribution in [0.25, 0.3) is 0 Å². The number of imide groups is 1. The molecule has 0 saturated heterocycles. The monoisotopic (exact) mass is 383 g/mol. The maximum absolute atomic E-state index is 12.6. The number of primary sulfonamides is 1. The van der Waals surface area contributed by atoms with E-state index in [1.807, 2.05) is 0 Å². The second kappa shape index (κ2) is 6.78. The van der Waals surface area contributed by atoms with Gasteiger partial charge in [0.05, 0.1) is 4.90 Å². The van der Waals surface area contributed by atoms with Gasteiger partial charge in [0.15, 0.2) is 0 Å². The van der Waals surface area contributed by atoms with Crippen LogP contribution in [0.3, 0.4) is 0 Å². The van der Waals surface area contributed by atoms with E-state index in [9.17, 15) is 18.0 Å². The number of nitrogens with two attached hydrogens (primary N) is 1. The molecule has 0 bridgehead atoms. The van der Waals surface area contributed by atoms with Gasteiger partial charge in [0.1, 0.15) is 10.7 Å². The summed E-state index contributed by atoms with van der Waals surface area (Å²) in [6.45, 7) is 0. The Hall–Kier alpha value is -1.90. The number of hydrogen-bond donors (Lipinski definition) is 2. The highest BCUT2D eigenvalue weighted by molar-refractivity contribution is 7.89. The zero-order valence-corrected chi connectivity index (χ0v) is 14.9.